The summed E-state index contributed by atoms with van der Waals surface area (Å²) < 4.78 is 7.01. The monoisotopic (exact) mass is 293 g/mol. The number of aromatic nitrogens is 1. The molecule has 0 saturated carbocycles. The minimum Gasteiger partial charge on any atom is -0.444 e. The molecule has 0 aromatic carbocycles. The fourth-order valence-electron chi connectivity index (χ4n) is 2.49. The smallest absolute Gasteiger partial charge is 0.410 e. The maximum absolute atomic E-state index is 12.1. The van der Waals surface area contributed by atoms with E-state index in [2.05, 4.69) is 0 Å². The van der Waals surface area contributed by atoms with Crippen molar-refractivity contribution in [3.05, 3.63) is 28.7 Å². The van der Waals surface area contributed by atoms with E-state index >= 15 is 0 Å². The highest BCUT2D eigenvalue weighted by molar-refractivity contribution is 5.68. The maximum atomic E-state index is 12.1. The van der Waals surface area contributed by atoms with E-state index in [1.807, 2.05) is 20.8 Å². The van der Waals surface area contributed by atoms with Crippen molar-refractivity contribution in [2.75, 3.05) is 18.8 Å². The molecule has 1 unspecified atom stereocenters. The Kier molecular flexibility index (Phi) is 4.25. The molecule has 1 aromatic rings. The molecule has 0 bridgehead atoms. The highest BCUT2D eigenvalue weighted by Gasteiger charge is 2.28. The third-order valence-corrected chi connectivity index (χ3v) is 3.45. The number of carbonyl (C=O) groups is 1. The van der Waals surface area contributed by atoms with Crippen LogP contribution in [-0.2, 0) is 4.74 Å². The predicted octanol–water partition coefficient (Wildman–Crippen LogP) is 2.00. The number of anilines is 1. The Balaban J connectivity index is 2.12. The third-order valence-electron chi connectivity index (χ3n) is 3.45. The van der Waals surface area contributed by atoms with Gasteiger partial charge in [-0.25, -0.2) is 4.79 Å². The van der Waals surface area contributed by atoms with Gasteiger partial charge in [0.1, 0.15) is 5.60 Å². The van der Waals surface area contributed by atoms with Gasteiger partial charge in [0.15, 0.2) is 0 Å². The van der Waals surface area contributed by atoms with Gasteiger partial charge in [-0.3, -0.25) is 4.79 Å². The van der Waals surface area contributed by atoms with E-state index in [0.29, 0.717) is 13.1 Å². The van der Waals surface area contributed by atoms with Crippen LogP contribution >= 0.6 is 0 Å². The van der Waals surface area contributed by atoms with Crippen LogP contribution in [0.5, 0.6) is 0 Å². The Morgan fingerprint density at radius 3 is 2.81 bits per heavy atom. The first-order valence-electron chi connectivity index (χ1n) is 7.22. The van der Waals surface area contributed by atoms with E-state index in [4.69, 9.17) is 10.5 Å². The van der Waals surface area contributed by atoms with Gasteiger partial charge in [-0.2, -0.15) is 0 Å². The molecule has 2 rings (SSSR count). The van der Waals surface area contributed by atoms with E-state index in [-0.39, 0.29) is 23.4 Å². The minimum absolute atomic E-state index is 0.0535. The molecular formula is C15H23N3O3. The molecule has 1 aromatic heterocycles. The number of amides is 1. The number of piperidine rings is 1. The van der Waals surface area contributed by atoms with Gasteiger partial charge in [-0.05, 0) is 45.7 Å². The summed E-state index contributed by atoms with van der Waals surface area (Å²) in [6, 6.07) is 3.29. The number of nitrogens with two attached hydrogens (primary N) is 1. The first kappa shape index (κ1) is 15.4. The minimum atomic E-state index is -0.516. The quantitative estimate of drug-likeness (QED) is 0.859. The SMILES string of the molecule is CC(C)(C)OC(=O)N1CCCC(n2cccc(N)c2=O)C1. The van der Waals surface area contributed by atoms with Crippen LogP contribution in [-0.4, -0.2) is 34.3 Å². The molecule has 1 atom stereocenters. The molecule has 1 amide bonds. The Hall–Kier alpha value is -1.98. The number of nitrogens with zero attached hydrogens (tertiary/aromatic N) is 2. The Labute approximate surface area is 124 Å². The second kappa shape index (κ2) is 5.79. The van der Waals surface area contributed by atoms with Gasteiger partial charge in [-0.1, -0.05) is 0 Å². The lowest BCUT2D eigenvalue weighted by Crippen LogP contribution is -2.45. The molecule has 116 valence electrons. The summed E-state index contributed by atoms with van der Waals surface area (Å²) in [5.41, 5.74) is 5.18. The number of hydrogen-bond donors (Lipinski definition) is 1. The van der Waals surface area contributed by atoms with Crippen molar-refractivity contribution < 1.29 is 9.53 Å². The van der Waals surface area contributed by atoms with Crippen LogP contribution in [0.1, 0.15) is 39.7 Å². The number of pyridine rings is 1. The number of nitrogen functional groups attached to an aromatic ring is 1. The summed E-state index contributed by atoms with van der Waals surface area (Å²) >= 11 is 0. The van der Waals surface area contributed by atoms with Crippen molar-refractivity contribution >= 4 is 11.8 Å². The van der Waals surface area contributed by atoms with Crippen molar-refractivity contribution in [2.45, 2.75) is 45.3 Å². The molecule has 2 heterocycles. The molecule has 0 spiro atoms. The van der Waals surface area contributed by atoms with E-state index in [0.717, 1.165) is 12.8 Å². The summed E-state index contributed by atoms with van der Waals surface area (Å²) in [4.78, 5) is 25.9. The van der Waals surface area contributed by atoms with Crippen molar-refractivity contribution in [3.63, 3.8) is 0 Å². The molecule has 21 heavy (non-hydrogen) atoms. The molecular weight excluding hydrogens is 270 g/mol. The van der Waals surface area contributed by atoms with Crippen molar-refractivity contribution in [1.29, 1.82) is 0 Å². The number of ether oxygens (including phenoxy) is 1. The van der Waals surface area contributed by atoms with Crippen LogP contribution in [0.2, 0.25) is 0 Å². The summed E-state index contributed by atoms with van der Waals surface area (Å²) in [6.07, 6.45) is 3.08. The fourth-order valence-corrected chi connectivity index (χ4v) is 2.49. The largest absolute Gasteiger partial charge is 0.444 e. The van der Waals surface area contributed by atoms with Crippen LogP contribution in [0.4, 0.5) is 10.5 Å². The molecule has 6 heteroatoms. The summed E-state index contributed by atoms with van der Waals surface area (Å²) in [6.45, 7) is 6.65. The fraction of sp³-hybridized carbons (Fsp3) is 0.600. The van der Waals surface area contributed by atoms with Crippen molar-refractivity contribution in [2.24, 2.45) is 0 Å². The second-order valence-electron chi connectivity index (χ2n) is 6.40. The average Bonchev–Trinajstić information content (AvgIpc) is 2.40. The first-order valence-corrected chi connectivity index (χ1v) is 7.22. The third kappa shape index (κ3) is 3.77. The van der Waals surface area contributed by atoms with Gasteiger partial charge in [0.25, 0.3) is 5.56 Å². The average molecular weight is 293 g/mol. The van der Waals surface area contributed by atoms with Crippen molar-refractivity contribution in [1.82, 2.24) is 9.47 Å². The van der Waals surface area contributed by atoms with Gasteiger partial charge in [0.2, 0.25) is 0 Å². The number of likely N-dealkylation sites (tertiary alicyclic amines) is 1. The maximum Gasteiger partial charge on any atom is 0.410 e. The molecule has 2 N–H and O–H groups in total. The lowest BCUT2D eigenvalue weighted by molar-refractivity contribution is 0.0171. The second-order valence-corrected chi connectivity index (χ2v) is 6.40. The van der Waals surface area contributed by atoms with E-state index in [1.165, 1.54) is 0 Å². The van der Waals surface area contributed by atoms with E-state index in [9.17, 15) is 9.59 Å². The lowest BCUT2D eigenvalue weighted by Gasteiger charge is -2.34. The lowest BCUT2D eigenvalue weighted by atomic mass is 10.1. The highest BCUT2D eigenvalue weighted by Crippen LogP contribution is 2.22. The summed E-state index contributed by atoms with van der Waals surface area (Å²) in [5.74, 6) is 0. The van der Waals surface area contributed by atoms with Gasteiger partial charge in [0.05, 0.1) is 11.7 Å². The molecule has 0 radical (unpaired) electrons. The predicted molar refractivity (Wildman–Crippen MR) is 81.2 cm³/mol. The zero-order valence-corrected chi connectivity index (χ0v) is 12.8. The van der Waals surface area contributed by atoms with Gasteiger partial charge in [-0.15, -0.1) is 0 Å². The molecule has 1 aliphatic rings. The zero-order valence-electron chi connectivity index (χ0n) is 12.8. The van der Waals surface area contributed by atoms with Gasteiger partial charge in [0, 0.05) is 19.3 Å². The number of rotatable bonds is 1. The van der Waals surface area contributed by atoms with Gasteiger partial charge >= 0.3 is 6.09 Å². The standard InChI is InChI=1S/C15H23N3O3/c1-15(2,3)21-14(20)17-8-4-6-11(10-17)18-9-5-7-12(16)13(18)19/h5,7,9,11H,4,6,8,10,16H2,1-3H3. The van der Waals surface area contributed by atoms with Crippen LogP contribution < -0.4 is 11.3 Å². The first-order chi connectivity index (χ1) is 9.78. The van der Waals surface area contributed by atoms with Gasteiger partial charge < -0.3 is 19.9 Å². The molecule has 1 aliphatic heterocycles. The summed E-state index contributed by atoms with van der Waals surface area (Å²) in [7, 11) is 0. The van der Waals surface area contributed by atoms with E-state index in [1.54, 1.807) is 27.8 Å². The Bertz CT molecular complexity index is 574. The molecule has 1 saturated heterocycles. The molecule has 1 fully saturated rings. The Morgan fingerprint density at radius 2 is 2.14 bits per heavy atom. The molecule has 0 aliphatic carbocycles. The van der Waals surface area contributed by atoms with Crippen LogP contribution in [0, 0.1) is 0 Å². The summed E-state index contributed by atoms with van der Waals surface area (Å²) in [5, 5.41) is 0. The normalized spacial score (nSPS) is 19.4. The molecule has 6 nitrogen and oxygen atoms in total. The Morgan fingerprint density at radius 1 is 1.43 bits per heavy atom. The van der Waals surface area contributed by atoms with Crippen LogP contribution in [0.25, 0.3) is 0 Å². The highest BCUT2D eigenvalue weighted by atomic mass is 16.6. The topological polar surface area (TPSA) is 77.6 Å². The van der Waals surface area contributed by atoms with Crippen LogP contribution in [0.3, 0.4) is 0 Å². The number of hydrogen-bond acceptors (Lipinski definition) is 4. The van der Waals surface area contributed by atoms with Crippen molar-refractivity contribution in [3.8, 4) is 0 Å². The van der Waals surface area contributed by atoms with E-state index < -0.39 is 5.60 Å². The zero-order chi connectivity index (χ0) is 15.6. The number of carbonyl (C=O) groups excluding carboxylic acids is 1. The van der Waals surface area contributed by atoms with Crippen LogP contribution in [0.15, 0.2) is 23.1 Å².